The monoisotopic (exact) mass is 412 g/mol. The standard InChI is InChI=1S/C21H24N4O5/c1-24-17-8-7-15(29-2)11-16(17)20(27)25(21(24)28)12-13-3-5-14(6-4-13)19(26)22-18-9-10-30-23-18/h7-11,13-14H,3-6,12H2,1-2H3,(H,22,23,26). The SMILES string of the molecule is COc1ccc2c(c1)c(=O)n(CC1CCC(C(=O)Nc3ccon3)CC1)c(=O)n2C. The van der Waals surface area contributed by atoms with Crippen LogP contribution in [0.25, 0.3) is 10.9 Å². The number of benzene rings is 1. The highest BCUT2D eigenvalue weighted by Crippen LogP contribution is 2.30. The molecule has 3 aromatic rings. The highest BCUT2D eigenvalue weighted by Gasteiger charge is 2.28. The average Bonchev–Trinajstić information content (AvgIpc) is 3.28. The number of nitrogens with one attached hydrogen (secondary N) is 1. The third kappa shape index (κ3) is 3.74. The molecule has 0 spiro atoms. The first-order valence-corrected chi connectivity index (χ1v) is 9.96. The maximum Gasteiger partial charge on any atom is 0.331 e. The van der Waals surface area contributed by atoms with Gasteiger partial charge >= 0.3 is 5.69 Å². The zero-order valence-corrected chi connectivity index (χ0v) is 17.0. The summed E-state index contributed by atoms with van der Waals surface area (Å²) >= 11 is 0. The quantitative estimate of drug-likeness (QED) is 0.688. The number of aromatic nitrogens is 3. The smallest absolute Gasteiger partial charge is 0.331 e. The Hall–Kier alpha value is -3.36. The number of hydrogen-bond donors (Lipinski definition) is 1. The second kappa shape index (κ2) is 8.17. The number of amides is 1. The van der Waals surface area contributed by atoms with Gasteiger partial charge in [0.05, 0.1) is 18.0 Å². The Morgan fingerprint density at radius 1 is 1.23 bits per heavy atom. The van der Waals surface area contributed by atoms with E-state index in [0.29, 0.717) is 41.9 Å². The Labute approximate surface area is 172 Å². The molecule has 30 heavy (non-hydrogen) atoms. The van der Waals surface area contributed by atoms with Gasteiger partial charge in [0.1, 0.15) is 12.0 Å². The van der Waals surface area contributed by atoms with Crippen molar-refractivity contribution in [2.45, 2.75) is 32.2 Å². The summed E-state index contributed by atoms with van der Waals surface area (Å²) in [5.41, 5.74) is -0.0586. The third-order valence-electron chi connectivity index (χ3n) is 5.91. The lowest BCUT2D eigenvalue weighted by Crippen LogP contribution is -2.41. The van der Waals surface area contributed by atoms with Gasteiger partial charge < -0.3 is 14.6 Å². The molecule has 1 aliphatic carbocycles. The van der Waals surface area contributed by atoms with Crippen LogP contribution in [0.2, 0.25) is 0 Å². The van der Waals surface area contributed by atoms with Gasteiger partial charge in [-0.05, 0) is 49.8 Å². The van der Waals surface area contributed by atoms with Crippen molar-refractivity contribution < 1.29 is 14.1 Å². The first-order valence-electron chi connectivity index (χ1n) is 9.96. The van der Waals surface area contributed by atoms with Crippen LogP contribution in [-0.4, -0.2) is 27.3 Å². The molecule has 1 saturated carbocycles. The number of fused-ring (bicyclic) bond motifs is 1. The molecule has 0 unspecified atom stereocenters. The molecule has 1 N–H and O–H groups in total. The second-order valence-corrected chi connectivity index (χ2v) is 7.73. The lowest BCUT2D eigenvalue weighted by atomic mass is 9.81. The van der Waals surface area contributed by atoms with E-state index >= 15 is 0 Å². The molecule has 0 bridgehead atoms. The van der Waals surface area contributed by atoms with Crippen LogP contribution >= 0.6 is 0 Å². The highest BCUT2D eigenvalue weighted by atomic mass is 16.5. The highest BCUT2D eigenvalue weighted by molar-refractivity contribution is 5.91. The summed E-state index contributed by atoms with van der Waals surface area (Å²) in [7, 11) is 3.21. The Morgan fingerprint density at radius 2 is 2.00 bits per heavy atom. The van der Waals surface area contributed by atoms with E-state index in [0.717, 1.165) is 12.8 Å². The van der Waals surface area contributed by atoms with Crippen LogP contribution in [0.15, 0.2) is 44.6 Å². The maximum absolute atomic E-state index is 13.0. The van der Waals surface area contributed by atoms with Crippen LogP contribution in [-0.2, 0) is 18.4 Å². The number of hydrogen-bond acceptors (Lipinski definition) is 6. The number of carbonyl (C=O) groups excluding carboxylic acids is 1. The molecular weight excluding hydrogens is 388 g/mol. The zero-order chi connectivity index (χ0) is 21.3. The van der Waals surface area contributed by atoms with Gasteiger partial charge in [0.2, 0.25) is 5.91 Å². The number of methoxy groups -OCH3 is 1. The Balaban J connectivity index is 1.49. The number of nitrogens with zero attached hydrogens (tertiary/aromatic N) is 3. The number of anilines is 1. The number of aryl methyl sites for hydroxylation is 1. The van der Waals surface area contributed by atoms with Gasteiger partial charge in [-0.1, -0.05) is 5.16 Å². The molecule has 9 heteroatoms. The van der Waals surface area contributed by atoms with Crippen LogP contribution in [0.5, 0.6) is 5.75 Å². The molecule has 1 amide bonds. The van der Waals surface area contributed by atoms with Crippen molar-refractivity contribution in [2.75, 3.05) is 12.4 Å². The van der Waals surface area contributed by atoms with E-state index in [-0.39, 0.29) is 29.0 Å². The van der Waals surface area contributed by atoms with Gasteiger partial charge in [0.25, 0.3) is 5.56 Å². The van der Waals surface area contributed by atoms with E-state index in [1.807, 2.05) is 0 Å². The van der Waals surface area contributed by atoms with Crippen LogP contribution in [0.4, 0.5) is 5.82 Å². The average molecular weight is 412 g/mol. The normalized spacial score (nSPS) is 19.0. The summed E-state index contributed by atoms with van der Waals surface area (Å²) < 4.78 is 12.8. The van der Waals surface area contributed by atoms with E-state index in [2.05, 4.69) is 10.5 Å². The van der Waals surface area contributed by atoms with Gasteiger partial charge in [-0.3, -0.25) is 18.7 Å². The van der Waals surface area contributed by atoms with Crippen molar-refractivity contribution in [1.82, 2.24) is 14.3 Å². The lowest BCUT2D eigenvalue weighted by molar-refractivity contribution is -0.121. The molecule has 9 nitrogen and oxygen atoms in total. The molecule has 1 aromatic carbocycles. The van der Waals surface area contributed by atoms with E-state index in [1.54, 1.807) is 38.4 Å². The molecule has 2 heterocycles. The van der Waals surface area contributed by atoms with Crippen molar-refractivity contribution in [2.24, 2.45) is 18.9 Å². The van der Waals surface area contributed by atoms with Crippen LogP contribution < -0.4 is 21.3 Å². The van der Waals surface area contributed by atoms with Crippen LogP contribution in [0, 0.1) is 11.8 Å². The second-order valence-electron chi connectivity index (χ2n) is 7.73. The van der Waals surface area contributed by atoms with E-state index in [4.69, 9.17) is 9.26 Å². The minimum atomic E-state index is -0.330. The molecule has 1 fully saturated rings. The predicted molar refractivity (Wildman–Crippen MR) is 111 cm³/mol. The van der Waals surface area contributed by atoms with E-state index < -0.39 is 0 Å². The minimum absolute atomic E-state index is 0.0757. The van der Waals surface area contributed by atoms with Crippen LogP contribution in [0.3, 0.4) is 0 Å². The van der Waals surface area contributed by atoms with E-state index in [9.17, 15) is 14.4 Å². The van der Waals surface area contributed by atoms with Gasteiger partial charge in [-0.25, -0.2) is 4.79 Å². The van der Waals surface area contributed by atoms with Crippen molar-refractivity contribution in [3.8, 4) is 5.75 Å². The fourth-order valence-corrected chi connectivity index (χ4v) is 4.15. The molecular formula is C21H24N4O5. The lowest BCUT2D eigenvalue weighted by Gasteiger charge is -2.28. The van der Waals surface area contributed by atoms with Crippen molar-refractivity contribution in [3.63, 3.8) is 0 Å². The Kier molecular flexibility index (Phi) is 5.43. The van der Waals surface area contributed by atoms with Crippen molar-refractivity contribution in [3.05, 3.63) is 51.4 Å². The van der Waals surface area contributed by atoms with Gasteiger partial charge in [0, 0.05) is 25.6 Å². The third-order valence-corrected chi connectivity index (χ3v) is 5.91. The predicted octanol–water partition coefficient (Wildman–Crippen LogP) is 2.14. The Morgan fingerprint density at radius 3 is 2.67 bits per heavy atom. The van der Waals surface area contributed by atoms with Crippen molar-refractivity contribution >= 4 is 22.6 Å². The molecule has 4 rings (SSSR count). The fraction of sp³-hybridized carbons (Fsp3) is 0.429. The Bertz CT molecular complexity index is 1170. The first-order chi connectivity index (χ1) is 14.5. The minimum Gasteiger partial charge on any atom is -0.497 e. The first kappa shape index (κ1) is 19.9. The molecule has 2 aromatic heterocycles. The molecule has 1 aliphatic rings. The van der Waals surface area contributed by atoms with Crippen LogP contribution in [0.1, 0.15) is 25.7 Å². The molecule has 0 saturated heterocycles. The number of ether oxygens (including phenoxy) is 1. The molecule has 158 valence electrons. The largest absolute Gasteiger partial charge is 0.497 e. The summed E-state index contributed by atoms with van der Waals surface area (Å²) in [6.45, 7) is 0.344. The summed E-state index contributed by atoms with van der Waals surface area (Å²) in [5.74, 6) is 0.952. The summed E-state index contributed by atoms with van der Waals surface area (Å²) in [6.07, 6.45) is 4.34. The summed E-state index contributed by atoms with van der Waals surface area (Å²) in [4.78, 5) is 38.2. The summed E-state index contributed by atoms with van der Waals surface area (Å²) in [5, 5.41) is 6.90. The van der Waals surface area contributed by atoms with Gasteiger partial charge in [-0.15, -0.1) is 0 Å². The maximum atomic E-state index is 13.0. The van der Waals surface area contributed by atoms with Crippen molar-refractivity contribution in [1.29, 1.82) is 0 Å². The molecule has 0 aliphatic heterocycles. The summed E-state index contributed by atoms with van der Waals surface area (Å²) in [6, 6.07) is 6.72. The number of rotatable bonds is 5. The van der Waals surface area contributed by atoms with Gasteiger partial charge in [0.15, 0.2) is 5.82 Å². The fourth-order valence-electron chi connectivity index (χ4n) is 4.15. The van der Waals surface area contributed by atoms with Gasteiger partial charge in [-0.2, -0.15) is 0 Å². The number of carbonyl (C=O) groups is 1. The zero-order valence-electron chi connectivity index (χ0n) is 17.0. The molecule has 0 radical (unpaired) electrons. The van der Waals surface area contributed by atoms with E-state index in [1.165, 1.54) is 15.4 Å². The molecule has 0 atom stereocenters. The topological polar surface area (TPSA) is 108 Å².